The van der Waals surface area contributed by atoms with Crippen LogP contribution >= 0.6 is 0 Å². The molecule has 3 aromatic heterocycles. The third-order valence-corrected chi connectivity index (χ3v) is 6.79. The van der Waals surface area contributed by atoms with Crippen LogP contribution < -0.4 is 16.2 Å². The van der Waals surface area contributed by atoms with Crippen LogP contribution in [0, 0.1) is 5.82 Å². The van der Waals surface area contributed by atoms with Gasteiger partial charge >= 0.3 is 0 Å². The lowest BCUT2D eigenvalue weighted by Crippen LogP contribution is -2.20. The van der Waals surface area contributed by atoms with E-state index in [1.807, 2.05) is 20.2 Å². The Hall–Kier alpha value is -4.21. The second kappa shape index (κ2) is 7.66. The van der Waals surface area contributed by atoms with Gasteiger partial charge in [0.1, 0.15) is 18.5 Å². The van der Waals surface area contributed by atoms with Crippen LogP contribution in [0.5, 0.6) is 5.75 Å². The number of hydrogen-bond donors (Lipinski definition) is 2. The summed E-state index contributed by atoms with van der Waals surface area (Å²) < 4.78 is 24.0. The number of nitrogens with zero attached hydrogens (tertiary/aromatic N) is 5. The first kappa shape index (κ1) is 21.3. The SMILES string of the molecule is C[C@H]1Oc2cc(cnc2N)-c2c3c(nn2CC(N)=O)CCC3c2cn(C)nc2-c2ccc(F)cc21. The number of halogens is 1. The van der Waals surface area contributed by atoms with E-state index in [1.54, 1.807) is 27.7 Å². The number of hydrogen-bond acceptors (Lipinski definition) is 6. The quantitative estimate of drug-likeness (QED) is 0.461. The number of fused-ring (bicyclic) bond motifs is 7. The van der Waals surface area contributed by atoms with Gasteiger partial charge in [-0.05, 0) is 44.0 Å². The van der Waals surface area contributed by atoms with Crippen molar-refractivity contribution in [3.05, 3.63) is 64.9 Å². The van der Waals surface area contributed by atoms with Gasteiger partial charge in [-0.3, -0.25) is 14.2 Å². The Balaban J connectivity index is 1.69. The van der Waals surface area contributed by atoms with Crippen molar-refractivity contribution >= 4 is 11.7 Å². The molecule has 1 unspecified atom stereocenters. The molecule has 1 aromatic carbocycles. The summed E-state index contributed by atoms with van der Waals surface area (Å²) in [6, 6.07) is 6.46. The van der Waals surface area contributed by atoms with Crippen LogP contribution in [0.1, 0.15) is 47.8 Å². The van der Waals surface area contributed by atoms with Crippen molar-refractivity contribution in [3.8, 4) is 28.3 Å². The van der Waals surface area contributed by atoms with E-state index in [0.717, 1.165) is 46.6 Å². The molecule has 4 heterocycles. The van der Waals surface area contributed by atoms with Gasteiger partial charge in [0.25, 0.3) is 0 Å². The predicted octanol–water partition coefficient (Wildman–Crippen LogP) is 3.08. The number of ether oxygens (including phenoxy) is 1. The van der Waals surface area contributed by atoms with E-state index < -0.39 is 12.0 Å². The van der Waals surface area contributed by atoms with Crippen molar-refractivity contribution in [1.82, 2.24) is 24.5 Å². The third-order valence-electron chi connectivity index (χ3n) is 6.79. The first-order valence-electron chi connectivity index (χ1n) is 11.4. The fraction of sp³-hybridized carbons (Fsp3) is 0.280. The topological polar surface area (TPSA) is 127 Å². The van der Waals surface area contributed by atoms with Crippen molar-refractivity contribution in [3.63, 3.8) is 0 Å². The van der Waals surface area contributed by atoms with Gasteiger partial charge in [0.05, 0.1) is 17.1 Å². The van der Waals surface area contributed by atoms with Crippen LogP contribution in [0.25, 0.3) is 22.5 Å². The Bertz CT molecular complexity index is 1510. The Morgan fingerprint density at radius 2 is 2.09 bits per heavy atom. The van der Waals surface area contributed by atoms with Crippen LogP contribution in [-0.4, -0.2) is 30.5 Å². The number of anilines is 1. The Labute approximate surface area is 200 Å². The van der Waals surface area contributed by atoms with Crippen molar-refractivity contribution in [2.24, 2.45) is 12.8 Å². The zero-order chi connectivity index (χ0) is 24.4. The van der Waals surface area contributed by atoms with Crippen molar-refractivity contribution < 1.29 is 13.9 Å². The normalized spacial score (nSPS) is 18.0. The number of amides is 1. The summed E-state index contributed by atoms with van der Waals surface area (Å²) >= 11 is 0. The first-order chi connectivity index (χ1) is 16.8. The van der Waals surface area contributed by atoms with E-state index in [0.29, 0.717) is 16.9 Å². The highest BCUT2D eigenvalue weighted by Gasteiger charge is 2.36. The summed E-state index contributed by atoms with van der Waals surface area (Å²) in [6.07, 6.45) is 4.69. The molecule has 2 atom stereocenters. The molecule has 4 N–H and O–H groups in total. The summed E-state index contributed by atoms with van der Waals surface area (Å²) in [4.78, 5) is 16.2. The number of nitrogen functional groups attached to an aromatic ring is 1. The molecule has 1 aliphatic carbocycles. The zero-order valence-electron chi connectivity index (χ0n) is 19.3. The number of nitrogens with two attached hydrogens (primary N) is 2. The highest BCUT2D eigenvalue weighted by atomic mass is 19.1. The number of aromatic nitrogens is 5. The Morgan fingerprint density at radius 3 is 2.89 bits per heavy atom. The molecule has 2 aliphatic rings. The number of primary amides is 1. The maximum Gasteiger partial charge on any atom is 0.239 e. The summed E-state index contributed by atoms with van der Waals surface area (Å²) in [6.45, 7) is 1.78. The molecule has 0 fully saturated rings. The molecule has 2 bridgehead atoms. The average molecular weight is 474 g/mol. The van der Waals surface area contributed by atoms with Crippen LogP contribution in [0.4, 0.5) is 10.2 Å². The number of rotatable bonds is 2. The number of aryl methyl sites for hydroxylation is 2. The molecule has 0 spiro atoms. The second-order valence-corrected chi connectivity index (χ2v) is 9.13. The largest absolute Gasteiger partial charge is 0.482 e. The average Bonchev–Trinajstić information content (AvgIpc) is 3.47. The first-order valence-corrected chi connectivity index (χ1v) is 11.4. The zero-order valence-corrected chi connectivity index (χ0v) is 19.3. The molecule has 0 saturated carbocycles. The van der Waals surface area contributed by atoms with Gasteiger partial charge in [0, 0.05) is 53.2 Å². The number of carbonyl (C=O) groups is 1. The lowest BCUT2D eigenvalue weighted by atomic mass is 9.88. The summed E-state index contributed by atoms with van der Waals surface area (Å²) in [7, 11) is 1.87. The second-order valence-electron chi connectivity index (χ2n) is 9.13. The van der Waals surface area contributed by atoms with Crippen LogP contribution in [0.3, 0.4) is 0 Å². The summed E-state index contributed by atoms with van der Waals surface area (Å²) in [5, 5.41) is 9.53. The molecule has 0 saturated heterocycles. The maximum absolute atomic E-state index is 14.4. The third kappa shape index (κ3) is 3.36. The summed E-state index contributed by atoms with van der Waals surface area (Å²) in [5.74, 6) is -0.302. The van der Waals surface area contributed by atoms with Crippen LogP contribution in [0.15, 0.2) is 36.7 Å². The van der Waals surface area contributed by atoms with Crippen LogP contribution in [-0.2, 0) is 24.8 Å². The Kier molecular flexibility index (Phi) is 4.67. The molecule has 1 amide bonds. The van der Waals surface area contributed by atoms with Gasteiger partial charge in [-0.1, -0.05) is 0 Å². The van der Waals surface area contributed by atoms with Crippen LogP contribution in [0.2, 0.25) is 0 Å². The van der Waals surface area contributed by atoms with Gasteiger partial charge in [0.15, 0.2) is 11.6 Å². The number of carbonyl (C=O) groups excluding carboxylic acids is 1. The van der Waals surface area contributed by atoms with Gasteiger partial charge in [0.2, 0.25) is 5.91 Å². The van der Waals surface area contributed by atoms with Crippen molar-refractivity contribution in [2.45, 2.75) is 38.3 Å². The molecule has 178 valence electrons. The van der Waals surface area contributed by atoms with E-state index in [2.05, 4.69) is 4.98 Å². The van der Waals surface area contributed by atoms with Crippen molar-refractivity contribution in [1.29, 1.82) is 0 Å². The number of pyridine rings is 1. The fourth-order valence-corrected chi connectivity index (χ4v) is 5.37. The van der Waals surface area contributed by atoms with Gasteiger partial charge in [-0.25, -0.2) is 9.37 Å². The van der Waals surface area contributed by atoms with E-state index in [-0.39, 0.29) is 24.1 Å². The standard InChI is InChI=1S/C25H24FN7O2/c1-12-17-8-14(26)3-4-16(17)23-18(10-32(2)31-23)15-5-6-19-22(15)24(33(30-19)11-21(27)34)13-7-20(35-12)25(28)29-9-13/h3-4,7-10,12,15H,5-6,11H2,1-2H3,(H2,27,34)(H2,28,29)/t12-,15?/m1/s1. The number of benzene rings is 1. The maximum atomic E-state index is 14.4. The van der Waals surface area contributed by atoms with E-state index in [9.17, 15) is 9.18 Å². The molecule has 1 aliphatic heterocycles. The summed E-state index contributed by atoms with van der Waals surface area (Å²) in [5.41, 5.74) is 18.3. The molecule has 35 heavy (non-hydrogen) atoms. The predicted molar refractivity (Wildman–Crippen MR) is 127 cm³/mol. The van der Waals surface area contributed by atoms with E-state index in [1.165, 1.54) is 12.1 Å². The molecule has 9 nitrogen and oxygen atoms in total. The van der Waals surface area contributed by atoms with Gasteiger partial charge < -0.3 is 16.2 Å². The lowest BCUT2D eigenvalue weighted by molar-refractivity contribution is -0.118. The van der Waals surface area contributed by atoms with E-state index in [4.69, 9.17) is 26.4 Å². The minimum Gasteiger partial charge on any atom is -0.482 e. The van der Waals surface area contributed by atoms with E-state index >= 15 is 0 Å². The smallest absolute Gasteiger partial charge is 0.239 e. The fourth-order valence-electron chi connectivity index (χ4n) is 5.37. The lowest BCUT2D eigenvalue weighted by Gasteiger charge is -2.22. The highest BCUT2D eigenvalue weighted by molar-refractivity contribution is 5.77. The highest BCUT2D eigenvalue weighted by Crippen LogP contribution is 2.48. The molecule has 0 radical (unpaired) electrons. The van der Waals surface area contributed by atoms with Crippen molar-refractivity contribution in [2.75, 3.05) is 5.73 Å². The molecular weight excluding hydrogens is 449 g/mol. The minimum absolute atomic E-state index is 0.0279. The van der Waals surface area contributed by atoms with Gasteiger partial charge in [-0.15, -0.1) is 0 Å². The minimum atomic E-state index is -0.538. The van der Waals surface area contributed by atoms with Gasteiger partial charge in [-0.2, -0.15) is 10.2 Å². The Morgan fingerprint density at radius 1 is 1.26 bits per heavy atom. The monoisotopic (exact) mass is 473 g/mol. The molecule has 6 rings (SSSR count). The molecular formula is C25H24FN7O2. The molecule has 4 aromatic rings. The molecule has 10 heteroatoms.